The molecule has 0 saturated carbocycles. The maximum absolute atomic E-state index is 12.3. The third kappa shape index (κ3) is 4.51. The van der Waals surface area contributed by atoms with E-state index >= 15 is 0 Å². The molecule has 0 spiro atoms. The van der Waals surface area contributed by atoms with Crippen molar-refractivity contribution in [3.8, 4) is 28.6 Å². The second kappa shape index (κ2) is 8.26. The molecule has 3 aromatic rings. The van der Waals surface area contributed by atoms with E-state index < -0.39 is 0 Å². The Hall–Kier alpha value is -3.48. The molecular weight excluding hydrogens is 372 g/mol. The average Bonchev–Trinajstić information content (AvgIpc) is 3.21. The largest absolute Gasteiger partial charge is 0.491 e. The first kappa shape index (κ1) is 18.9. The number of hydrogen-bond acceptors (Lipinski definition) is 6. The van der Waals surface area contributed by atoms with E-state index in [2.05, 4.69) is 10.5 Å². The summed E-state index contributed by atoms with van der Waals surface area (Å²) in [5, 5.41) is 6.88. The van der Waals surface area contributed by atoms with Crippen molar-refractivity contribution < 1.29 is 23.5 Å². The summed E-state index contributed by atoms with van der Waals surface area (Å²) in [6.45, 7) is 5.24. The van der Waals surface area contributed by atoms with Gasteiger partial charge in [-0.2, -0.15) is 0 Å². The summed E-state index contributed by atoms with van der Waals surface area (Å²) >= 11 is 0. The molecule has 150 valence electrons. The van der Waals surface area contributed by atoms with Gasteiger partial charge in [-0.3, -0.25) is 4.79 Å². The van der Waals surface area contributed by atoms with Crippen molar-refractivity contribution in [3.05, 3.63) is 59.8 Å². The van der Waals surface area contributed by atoms with Gasteiger partial charge in [0.25, 0.3) is 5.91 Å². The van der Waals surface area contributed by atoms with Crippen LogP contribution in [0.4, 0.5) is 0 Å². The van der Waals surface area contributed by atoms with Gasteiger partial charge >= 0.3 is 0 Å². The molecular formula is C22H22N2O5. The first-order valence-corrected chi connectivity index (χ1v) is 9.49. The molecule has 0 unspecified atom stereocenters. The molecule has 2 heterocycles. The summed E-state index contributed by atoms with van der Waals surface area (Å²) < 4.78 is 22.1. The van der Waals surface area contributed by atoms with Crippen LogP contribution in [0.1, 0.15) is 29.9 Å². The molecule has 1 aliphatic heterocycles. The second-order valence-corrected chi connectivity index (χ2v) is 6.91. The minimum Gasteiger partial charge on any atom is -0.491 e. The minimum atomic E-state index is -0.190. The Balaban J connectivity index is 1.37. The van der Waals surface area contributed by atoms with Crippen molar-refractivity contribution in [1.82, 2.24) is 10.5 Å². The van der Waals surface area contributed by atoms with E-state index in [-0.39, 0.29) is 18.6 Å². The molecule has 0 atom stereocenters. The molecule has 4 rings (SSSR count). The van der Waals surface area contributed by atoms with E-state index in [0.717, 1.165) is 17.1 Å². The third-order valence-electron chi connectivity index (χ3n) is 4.30. The molecule has 0 saturated heterocycles. The number of amides is 1. The van der Waals surface area contributed by atoms with Gasteiger partial charge in [0.15, 0.2) is 17.3 Å². The summed E-state index contributed by atoms with van der Waals surface area (Å²) in [5.74, 6) is 2.55. The van der Waals surface area contributed by atoms with Gasteiger partial charge in [0.05, 0.1) is 12.6 Å². The van der Waals surface area contributed by atoms with Crippen LogP contribution in [-0.4, -0.2) is 30.4 Å². The van der Waals surface area contributed by atoms with Gasteiger partial charge in [-0.15, -0.1) is 0 Å². The van der Waals surface area contributed by atoms with Crippen LogP contribution in [0.3, 0.4) is 0 Å². The number of carbonyl (C=O) groups is 1. The number of benzene rings is 2. The van der Waals surface area contributed by atoms with E-state index in [4.69, 9.17) is 18.7 Å². The fourth-order valence-corrected chi connectivity index (χ4v) is 2.96. The SMILES string of the molecule is CC(C)Oc1ccc(C(=O)NCc2cc(-c3ccc4c(c3)OCCO4)on2)cc1. The van der Waals surface area contributed by atoms with E-state index in [1.807, 2.05) is 32.0 Å². The van der Waals surface area contributed by atoms with Crippen molar-refractivity contribution in [2.24, 2.45) is 0 Å². The zero-order valence-corrected chi connectivity index (χ0v) is 16.3. The third-order valence-corrected chi connectivity index (χ3v) is 4.30. The summed E-state index contributed by atoms with van der Waals surface area (Å²) in [7, 11) is 0. The van der Waals surface area contributed by atoms with E-state index in [0.29, 0.717) is 36.0 Å². The number of hydrogen-bond donors (Lipinski definition) is 1. The standard InChI is InChI=1S/C22H22N2O5/c1-14(2)28-18-6-3-15(4-7-18)22(25)23-13-17-12-20(29-24-17)16-5-8-19-21(11-16)27-10-9-26-19/h3-8,11-12,14H,9-10,13H2,1-2H3,(H,23,25). The average molecular weight is 394 g/mol. The molecule has 7 heteroatoms. The molecule has 29 heavy (non-hydrogen) atoms. The Morgan fingerprint density at radius 2 is 1.83 bits per heavy atom. The van der Waals surface area contributed by atoms with Gasteiger partial charge in [0.1, 0.15) is 24.7 Å². The zero-order chi connectivity index (χ0) is 20.2. The lowest BCUT2D eigenvalue weighted by atomic mass is 10.1. The lowest BCUT2D eigenvalue weighted by Gasteiger charge is -2.18. The number of nitrogens with zero attached hydrogens (tertiary/aromatic N) is 1. The van der Waals surface area contributed by atoms with Crippen LogP contribution in [0.25, 0.3) is 11.3 Å². The smallest absolute Gasteiger partial charge is 0.251 e. The van der Waals surface area contributed by atoms with Gasteiger partial charge in [0, 0.05) is 17.2 Å². The number of fused-ring (bicyclic) bond motifs is 1. The van der Waals surface area contributed by atoms with Crippen molar-refractivity contribution in [1.29, 1.82) is 0 Å². The summed E-state index contributed by atoms with van der Waals surface area (Å²) in [6.07, 6.45) is 0.0882. The van der Waals surface area contributed by atoms with Gasteiger partial charge < -0.3 is 24.1 Å². The fraction of sp³-hybridized carbons (Fsp3) is 0.273. The number of aromatic nitrogens is 1. The highest BCUT2D eigenvalue weighted by Crippen LogP contribution is 2.34. The summed E-state index contributed by atoms with van der Waals surface area (Å²) in [5.41, 5.74) is 2.01. The van der Waals surface area contributed by atoms with Crippen LogP contribution in [0.2, 0.25) is 0 Å². The van der Waals surface area contributed by atoms with Crippen molar-refractivity contribution in [3.63, 3.8) is 0 Å². The predicted molar refractivity (Wildman–Crippen MR) is 106 cm³/mol. The molecule has 7 nitrogen and oxygen atoms in total. The van der Waals surface area contributed by atoms with Crippen LogP contribution in [0, 0.1) is 0 Å². The topological polar surface area (TPSA) is 82.8 Å². The van der Waals surface area contributed by atoms with Crippen LogP contribution in [-0.2, 0) is 6.54 Å². The Labute approximate surface area is 168 Å². The zero-order valence-electron chi connectivity index (χ0n) is 16.3. The number of nitrogens with one attached hydrogen (secondary N) is 1. The second-order valence-electron chi connectivity index (χ2n) is 6.91. The Morgan fingerprint density at radius 1 is 1.07 bits per heavy atom. The lowest BCUT2D eigenvalue weighted by Crippen LogP contribution is -2.22. The van der Waals surface area contributed by atoms with Crippen LogP contribution in [0.15, 0.2) is 53.1 Å². The maximum Gasteiger partial charge on any atom is 0.251 e. The van der Waals surface area contributed by atoms with E-state index in [1.165, 1.54) is 0 Å². The molecule has 0 radical (unpaired) electrons. The highest BCUT2D eigenvalue weighted by atomic mass is 16.6. The van der Waals surface area contributed by atoms with Crippen molar-refractivity contribution >= 4 is 5.91 Å². The van der Waals surface area contributed by atoms with Crippen LogP contribution >= 0.6 is 0 Å². The molecule has 1 aliphatic rings. The molecule has 0 aliphatic carbocycles. The number of rotatable bonds is 6. The quantitative estimate of drug-likeness (QED) is 0.684. The van der Waals surface area contributed by atoms with Crippen molar-refractivity contribution in [2.75, 3.05) is 13.2 Å². The molecule has 1 aromatic heterocycles. The lowest BCUT2D eigenvalue weighted by molar-refractivity contribution is 0.0950. The van der Waals surface area contributed by atoms with Gasteiger partial charge in [0.2, 0.25) is 0 Å². The number of ether oxygens (including phenoxy) is 3. The molecule has 0 bridgehead atoms. The van der Waals surface area contributed by atoms with Gasteiger partial charge in [-0.05, 0) is 56.3 Å². The van der Waals surface area contributed by atoms with Crippen molar-refractivity contribution in [2.45, 2.75) is 26.5 Å². The van der Waals surface area contributed by atoms with E-state index in [1.54, 1.807) is 30.3 Å². The highest BCUT2D eigenvalue weighted by Gasteiger charge is 2.15. The molecule has 2 aromatic carbocycles. The van der Waals surface area contributed by atoms with Gasteiger partial charge in [-0.1, -0.05) is 5.16 Å². The number of carbonyl (C=O) groups excluding carboxylic acids is 1. The summed E-state index contributed by atoms with van der Waals surface area (Å²) in [6, 6.07) is 14.4. The first-order valence-electron chi connectivity index (χ1n) is 9.49. The predicted octanol–water partition coefficient (Wildman–Crippen LogP) is 3.83. The molecule has 1 amide bonds. The Bertz CT molecular complexity index is 995. The molecule has 1 N–H and O–H groups in total. The highest BCUT2D eigenvalue weighted by molar-refractivity contribution is 5.94. The minimum absolute atomic E-state index is 0.0882. The normalized spacial score (nSPS) is 12.7. The first-order chi connectivity index (χ1) is 14.1. The van der Waals surface area contributed by atoms with E-state index in [9.17, 15) is 4.79 Å². The Kier molecular flexibility index (Phi) is 5.37. The van der Waals surface area contributed by atoms with Crippen LogP contribution in [0.5, 0.6) is 17.2 Å². The van der Waals surface area contributed by atoms with Gasteiger partial charge in [-0.25, -0.2) is 0 Å². The fourth-order valence-electron chi connectivity index (χ4n) is 2.96. The monoisotopic (exact) mass is 394 g/mol. The maximum atomic E-state index is 12.3. The molecule has 0 fully saturated rings. The summed E-state index contributed by atoms with van der Waals surface area (Å²) in [4.78, 5) is 12.3. The van der Waals surface area contributed by atoms with Crippen LogP contribution < -0.4 is 19.5 Å². The Morgan fingerprint density at radius 3 is 2.59 bits per heavy atom.